The Balaban J connectivity index is 1.87. The van der Waals surface area contributed by atoms with E-state index in [2.05, 4.69) is 18.5 Å². The lowest BCUT2D eigenvalue weighted by Crippen LogP contribution is -2.30. The van der Waals surface area contributed by atoms with Crippen LogP contribution in [0.15, 0.2) is 0 Å². The molecule has 0 aromatic heterocycles. The molecule has 1 aliphatic carbocycles. The van der Waals surface area contributed by atoms with Crippen LogP contribution in [0.3, 0.4) is 0 Å². The summed E-state index contributed by atoms with van der Waals surface area (Å²) in [4.78, 5) is 0. The largest absolute Gasteiger partial charge is 0.378 e. The topological polar surface area (TPSA) is 21.3 Å². The van der Waals surface area contributed by atoms with E-state index in [1.165, 1.54) is 37.9 Å². The average molecular weight is 245 g/mol. The molecule has 0 aromatic carbocycles. The summed E-state index contributed by atoms with van der Waals surface area (Å²) >= 11 is 1.90. The molecule has 0 aromatic rings. The molecular formula is C13H27NOS. The summed E-state index contributed by atoms with van der Waals surface area (Å²) in [5, 5.41) is 3.52. The Bertz CT molecular complexity index is 160. The van der Waals surface area contributed by atoms with E-state index in [1.807, 2.05) is 11.8 Å². The highest BCUT2D eigenvalue weighted by atomic mass is 32.2. The fourth-order valence-corrected chi connectivity index (χ4v) is 2.83. The number of hydrogen-bond donors (Lipinski definition) is 1. The zero-order chi connectivity index (χ0) is 11.6. The van der Waals surface area contributed by atoms with Gasteiger partial charge in [0.05, 0.1) is 6.10 Å². The monoisotopic (exact) mass is 245 g/mol. The molecule has 0 bridgehead atoms. The molecule has 0 heterocycles. The first-order valence-corrected chi connectivity index (χ1v) is 8.06. The van der Waals surface area contributed by atoms with Gasteiger partial charge < -0.3 is 10.1 Å². The van der Waals surface area contributed by atoms with Gasteiger partial charge in [-0.1, -0.05) is 19.3 Å². The normalized spacial score (nSPS) is 19.9. The number of ether oxygens (including phenoxy) is 1. The Labute approximate surface area is 105 Å². The van der Waals surface area contributed by atoms with Crippen molar-refractivity contribution in [1.29, 1.82) is 0 Å². The Hall–Kier alpha value is 0.270. The highest BCUT2D eigenvalue weighted by Gasteiger charge is 2.12. The van der Waals surface area contributed by atoms with E-state index in [0.29, 0.717) is 12.1 Å². The summed E-state index contributed by atoms with van der Waals surface area (Å²) in [6, 6.07) is 0.629. The maximum Gasteiger partial charge on any atom is 0.0575 e. The van der Waals surface area contributed by atoms with Crippen molar-refractivity contribution in [2.24, 2.45) is 0 Å². The van der Waals surface area contributed by atoms with Crippen LogP contribution in [-0.4, -0.2) is 37.3 Å². The van der Waals surface area contributed by atoms with Crippen molar-refractivity contribution < 1.29 is 4.74 Å². The lowest BCUT2D eigenvalue weighted by Gasteiger charge is -2.22. The van der Waals surface area contributed by atoms with E-state index < -0.39 is 0 Å². The van der Waals surface area contributed by atoms with Crippen LogP contribution < -0.4 is 5.32 Å². The van der Waals surface area contributed by atoms with Crippen molar-refractivity contribution in [2.45, 2.75) is 57.6 Å². The predicted molar refractivity (Wildman–Crippen MR) is 73.3 cm³/mol. The Morgan fingerprint density at radius 3 is 2.75 bits per heavy atom. The summed E-state index contributed by atoms with van der Waals surface area (Å²) in [6.07, 6.45) is 10.6. The van der Waals surface area contributed by atoms with Gasteiger partial charge in [-0.3, -0.25) is 0 Å². The van der Waals surface area contributed by atoms with Gasteiger partial charge in [0.15, 0.2) is 0 Å². The van der Waals surface area contributed by atoms with E-state index in [-0.39, 0.29) is 0 Å². The van der Waals surface area contributed by atoms with Gasteiger partial charge in [0.1, 0.15) is 0 Å². The average Bonchev–Trinajstić information content (AvgIpc) is 2.30. The molecule has 2 nitrogen and oxygen atoms in total. The first-order valence-electron chi connectivity index (χ1n) is 6.67. The molecule has 96 valence electrons. The maximum atomic E-state index is 5.88. The van der Waals surface area contributed by atoms with Gasteiger partial charge in [-0.15, -0.1) is 0 Å². The molecule has 0 amide bonds. The minimum Gasteiger partial charge on any atom is -0.378 e. The lowest BCUT2D eigenvalue weighted by molar-refractivity contribution is 0.0272. The van der Waals surface area contributed by atoms with Crippen LogP contribution >= 0.6 is 11.8 Å². The van der Waals surface area contributed by atoms with Crippen molar-refractivity contribution in [1.82, 2.24) is 5.32 Å². The quantitative estimate of drug-likeness (QED) is 0.664. The molecule has 1 atom stereocenters. The second-order valence-electron chi connectivity index (χ2n) is 4.79. The fourth-order valence-electron chi connectivity index (χ4n) is 2.21. The van der Waals surface area contributed by atoms with Crippen molar-refractivity contribution in [2.75, 3.05) is 25.2 Å². The summed E-state index contributed by atoms with van der Waals surface area (Å²) in [6.45, 7) is 4.27. The molecule has 1 rings (SSSR count). The number of rotatable bonds is 8. The molecule has 1 fully saturated rings. The molecule has 0 aliphatic heterocycles. The molecule has 1 aliphatic rings. The SMILES string of the molecule is CSC[C@@H](C)NCCCOC1CCCCC1. The number of thioether (sulfide) groups is 1. The van der Waals surface area contributed by atoms with E-state index >= 15 is 0 Å². The maximum absolute atomic E-state index is 5.88. The van der Waals surface area contributed by atoms with Crippen molar-refractivity contribution >= 4 is 11.8 Å². The lowest BCUT2D eigenvalue weighted by atomic mass is 9.98. The van der Waals surface area contributed by atoms with Gasteiger partial charge >= 0.3 is 0 Å². The van der Waals surface area contributed by atoms with Crippen LogP contribution in [0.25, 0.3) is 0 Å². The molecule has 16 heavy (non-hydrogen) atoms. The zero-order valence-corrected chi connectivity index (χ0v) is 11.7. The Morgan fingerprint density at radius 2 is 2.06 bits per heavy atom. The second-order valence-corrected chi connectivity index (χ2v) is 5.71. The first kappa shape index (κ1) is 14.3. The van der Waals surface area contributed by atoms with Crippen LogP contribution in [0.4, 0.5) is 0 Å². The van der Waals surface area contributed by atoms with E-state index in [0.717, 1.165) is 19.6 Å². The van der Waals surface area contributed by atoms with Gasteiger partial charge in [0, 0.05) is 18.4 Å². The third kappa shape index (κ3) is 6.77. The van der Waals surface area contributed by atoms with Crippen molar-refractivity contribution in [3.63, 3.8) is 0 Å². The summed E-state index contributed by atoms with van der Waals surface area (Å²) in [5.74, 6) is 1.20. The Kier molecular flexibility index (Phi) is 8.34. The highest BCUT2D eigenvalue weighted by molar-refractivity contribution is 7.98. The third-order valence-corrected chi connectivity index (χ3v) is 3.97. The van der Waals surface area contributed by atoms with Crippen molar-refractivity contribution in [3.05, 3.63) is 0 Å². The van der Waals surface area contributed by atoms with Gasteiger partial charge in [-0.05, 0) is 39.0 Å². The van der Waals surface area contributed by atoms with E-state index in [9.17, 15) is 0 Å². The van der Waals surface area contributed by atoms with Crippen LogP contribution in [0, 0.1) is 0 Å². The smallest absolute Gasteiger partial charge is 0.0575 e. The first-order chi connectivity index (χ1) is 7.83. The third-order valence-electron chi connectivity index (χ3n) is 3.14. The zero-order valence-electron chi connectivity index (χ0n) is 10.8. The van der Waals surface area contributed by atoms with Gasteiger partial charge in [-0.25, -0.2) is 0 Å². The van der Waals surface area contributed by atoms with E-state index in [4.69, 9.17) is 4.74 Å². The number of hydrogen-bond acceptors (Lipinski definition) is 3. The van der Waals surface area contributed by atoms with Gasteiger partial charge in [0.2, 0.25) is 0 Å². The Morgan fingerprint density at radius 1 is 1.31 bits per heavy atom. The standard InChI is InChI=1S/C13H27NOS/c1-12(11-16-2)14-9-6-10-15-13-7-4-3-5-8-13/h12-14H,3-11H2,1-2H3/t12-/m1/s1. The summed E-state index contributed by atoms with van der Waals surface area (Å²) in [7, 11) is 0. The molecule has 0 spiro atoms. The summed E-state index contributed by atoms with van der Waals surface area (Å²) in [5.41, 5.74) is 0. The minimum absolute atomic E-state index is 0.567. The fraction of sp³-hybridized carbons (Fsp3) is 1.00. The van der Waals surface area contributed by atoms with Gasteiger partial charge in [0.25, 0.3) is 0 Å². The van der Waals surface area contributed by atoms with Crippen LogP contribution in [0.2, 0.25) is 0 Å². The van der Waals surface area contributed by atoms with Crippen LogP contribution in [0.5, 0.6) is 0 Å². The molecule has 0 radical (unpaired) electrons. The molecule has 0 saturated heterocycles. The second kappa shape index (κ2) is 9.32. The van der Waals surface area contributed by atoms with Crippen LogP contribution in [0.1, 0.15) is 45.4 Å². The van der Waals surface area contributed by atoms with Crippen LogP contribution in [-0.2, 0) is 4.74 Å². The van der Waals surface area contributed by atoms with E-state index in [1.54, 1.807) is 0 Å². The molecule has 1 saturated carbocycles. The van der Waals surface area contributed by atoms with Gasteiger partial charge in [-0.2, -0.15) is 11.8 Å². The predicted octanol–water partition coefficient (Wildman–Crippen LogP) is 3.07. The molecule has 3 heteroatoms. The molecular weight excluding hydrogens is 218 g/mol. The molecule has 1 N–H and O–H groups in total. The number of nitrogens with one attached hydrogen (secondary N) is 1. The summed E-state index contributed by atoms with van der Waals surface area (Å²) < 4.78 is 5.88. The molecule has 0 unspecified atom stereocenters. The minimum atomic E-state index is 0.567. The van der Waals surface area contributed by atoms with Crippen molar-refractivity contribution in [3.8, 4) is 0 Å². The highest BCUT2D eigenvalue weighted by Crippen LogP contribution is 2.20.